The minimum Gasteiger partial charge on any atom is -0.463 e. The molecule has 0 amide bonds. The van der Waals surface area contributed by atoms with Crippen molar-refractivity contribution >= 4 is 5.97 Å². The quantitative estimate of drug-likeness (QED) is 0.0613. The van der Waals surface area contributed by atoms with Crippen molar-refractivity contribution in [3.05, 3.63) is 0 Å². The van der Waals surface area contributed by atoms with E-state index >= 15 is 0 Å². The van der Waals surface area contributed by atoms with Gasteiger partial charge in [0.15, 0.2) is 0 Å². The molecule has 0 heterocycles. The SMILES string of the molecule is CCCCCCCCCCCCCCCCCCOCCOCCOC(=O)CCCCCCCCCCC. The second-order valence-corrected chi connectivity index (χ2v) is 11.3. The highest BCUT2D eigenvalue weighted by atomic mass is 16.6. The second kappa shape index (κ2) is 34.4. The van der Waals surface area contributed by atoms with Crippen LogP contribution in [0.15, 0.2) is 0 Å². The predicted molar refractivity (Wildman–Crippen MR) is 164 cm³/mol. The van der Waals surface area contributed by atoms with Crippen LogP contribution in [0.25, 0.3) is 0 Å². The summed E-state index contributed by atoms with van der Waals surface area (Å²) in [7, 11) is 0. The summed E-state index contributed by atoms with van der Waals surface area (Å²) < 4.78 is 16.4. The van der Waals surface area contributed by atoms with Gasteiger partial charge in [0.05, 0.1) is 19.8 Å². The van der Waals surface area contributed by atoms with Gasteiger partial charge in [0.1, 0.15) is 6.61 Å². The largest absolute Gasteiger partial charge is 0.463 e. The zero-order valence-electron chi connectivity index (χ0n) is 26.1. The van der Waals surface area contributed by atoms with Crippen LogP contribution in [0.4, 0.5) is 0 Å². The molecule has 0 aromatic heterocycles. The molecule has 0 aromatic rings. The summed E-state index contributed by atoms with van der Waals surface area (Å²) in [6.07, 6.45) is 34.2. The van der Waals surface area contributed by atoms with Gasteiger partial charge in [-0.2, -0.15) is 0 Å². The van der Waals surface area contributed by atoms with Gasteiger partial charge in [-0.05, 0) is 12.8 Å². The molecular weight excluding hydrogens is 472 g/mol. The highest BCUT2D eigenvalue weighted by molar-refractivity contribution is 5.69. The van der Waals surface area contributed by atoms with E-state index in [1.54, 1.807) is 0 Å². The molecule has 0 N–H and O–H groups in total. The molecule has 0 saturated carbocycles. The molecule has 0 rings (SSSR count). The Morgan fingerprint density at radius 1 is 0.368 bits per heavy atom. The summed E-state index contributed by atoms with van der Waals surface area (Å²) in [5, 5.41) is 0. The van der Waals surface area contributed by atoms with Crippen molar-refractivity contribution < 1.29 is 19.0 Å². The lowest BCUT2D eigenvalue weighted by Gasteiger charge is -2.07. The van der Waals surface area contributed by atoms with E-state index in [1.165, 1.54) is 141 Å². The molecule has 0 unspecified atom stereocenters. The van der Waals surface area contributed by atoms with E-state index in [2.05, 4.69) is 13.8 Å². The van der Waals surface area contributed by atoms with Crippen LogP contribution >= 0.6 is 0 Å². The van der Waals surface area contributed by atoms with E-state index in [4.69, 9.17) is 14.2 Å². The molecule has 0 aliphatic carbocycles. The maximum Gasteiger partial charge on any atom is 0.305 e. The first-order valence-corrected chi connectivity index (χ1v) is 17.1. The van der Waals surface area contributed by atoms with Crippen LogP contribution in [0, 0.1) is 0 Å². The molecule has 4 heteroatoms. The molecule has 0 saturated heterocycles. The highest BCUT2D eigenvalue weighted by Gasteiger charge is 2.02. The lowest BCUT2D eigenvalue weighted by Crippen LogP contribution is -2.13. The molecule has 228 valence electrons. The molecular formula is C34H68O4. The molecule has 4 nitrogen and oxygen atoms in total. The lowest BCUT2D eigenvalue weighted by atomic mass is 10.0. The van der Waals surface area contributed by atoms with E-state index in [1.807, 2.05) is 0 Å². The Labute approximate surface area is 238 Å². The normalized spacial score (nSPS) is 11.3. The zero-order chi connectivity index (χ0) is 27.6. The van der Waals surface area contributed by atoms with Crippen molar-refractivity contribution in [2.75, 3.05) is 33.0 Å². The topological polar surface area (TPSA) is 44.8 Å². The van der Waals surface area contributed by atoms with Crippen LogP contribution < -0.4 is 0 Å². The standard InChI is InChI=1S/C34H68O4/c1-3-5-7-9-11-13-14-15-16-17-18-19-21-23-25-27-29-36-30-31-37-32-33-38-34(35)28-26-24-22-20-12-10-8-6-4-2/h3-33H2,1-2H3. The van der Waals surface area contributed by atoms with Gasteiger partial charge in [-0.3, -0.25) is 4.79 Å². The number of rotatable bonds is 33. The van der Waals surface area contributed by atoms with Crippen molar-refractivity contribution in [2.45, 2.75) is 181 Å². The van der Waals surface area contributed by atoms with Crippen LogP contribution in [-0.4, -0.2) is 39.0 Å². The summed E-state index contributed by atoms with van der Waals surface area (Å²) in [4.78, 5) is 11.8. The smallest absolute Gasteiger partial charge is 0.305 e. The Morgan fingerprint density at radius 2 is 0.684 bits per heavy atom. The summed E-state index contributed by atoms with van der Waals surface area (Å²) in [5.74, 6) is -0.0868. The molecule has 0 aromatic carbocycles. The van der Waals surface area contributed by atoms with E-state index in [0.717, 1.165) is 25.9 Å². The Balaban J connectivity index is 3.11. The molecule has 0 radical (unpaired) electrons. The van der Waals surface area contributed by atoms with Crippen molar-refractivity contribution in [3.63, 3.8) is 0 Å². The Morgan fingerprint density at radius 3 is 1.11 bits per heavy atom. The number of ether oxygens (including phenoxy) is 3. The summed E-state index contributed by atoms with van der Waals surface area (Å²) >= 11 is 0. The lowest BCUT2D eigenvalue weighted by molar-refractivity contribution is -0.145. The van der Waals surface area contributed by atoms with Crippen molar-refractivity contribution in [1.29, 1.82) is 0 Å². The number of esters is 1. The minimum atomic E-state index is -0.0868. The fourth-order valence-corrected chi connectivity index (χ4v) is 4.94. The summed E-state index contributed by atoms with van der Waals surface area (Å²) in [5.41, 5.74) is 0. The van der Waals surface area contributed by atoms with Crippen molar-refractivity contribution in [3.8, 4) is 0 Å². The van der Waals surface area contributed by atoms with Gasteiger partial charge in [-0.25, -0.2) is 0 Å². The number of carbonyl (C=O) groups excluding carboxylic acids is 1. The number of unbranched alkanes of at least 4 members (excludes halogenated alkanes) is 23. The Bertz CT molecular complexity index is 440. The van der Waals surface area contributed by atoms with E-state index in [-0.39, 0.29) is 5.97 Å². The van der Waals surface area contributed by atoms with Crippen molar-refractivity contribution in [1.82, 2.24) is 0 Å². The van der Waals surface area contributed by atoms with E-state index in [0.29, 0.717) is 32.8 Å². The van der Waals surface area contributed by atoms with Gasteiger partial charge in [0.25, 0.3) is 0 Å². The van der Waals surface area contributed by atoms with Gasteiger partial charge < -0.3 is 14.2 Å². The molecule has 0 bridgehead atoms. The average Bonchev–Trinajstić information content (AvgIpc) is 2.92. The third-order valence-electron chi connectivity index (χ3n) is 7.49. The molecule has 0 atom stereocenters. The fraction of sp³-hybridized carbons (Fsp3) is 0.971. The molecule has 0 aliphatic rings. The van der Waals surface area contributed by atoms with Crippen LogP contribution in [0.3, 0.4) is 0 Å². The van der Waals surface area contributed by atoms with Crippen LogP contribution in [0.1, 0.15) is 181 Å². The highest BCUT2D eigenvalue weighted by Crippen LogP contribution is 2.14. The van der Waals surface area contributed by atoms with Gasteiger partial charge >= 0.3 is 5.97 Å². The number of hydrogen-bond donors (Lipinski definition) is 0. The van der Waals surface area contributed by atoms with E-state index < -0.39 is 0 Å². The fourth-order valence-electron chi connectivity index (χ4n) is 4.94. The van der Waals surface area contributed by atoms with Gasteiger partial charge in [-0.15, -0.1) is 0 Å². The third kappa shape index (κ3) is 33.4. The van der Waals surface area contributed by atoms with Gasteiger partial charge in [0.2, 0.25) is 0 Å². The molecule has 0 spiro atoms. The number of hydrogen-bond acceptors (Lipinski definition) is 4. The third-order valence-corrected chi connectivity index (χ3v) is 7.49. The first kappa shape index (κ1) is 37.4. The van der Waals surface area contributed by atoms with Crippen molar-refractivity contribution in [2.24, 2.45) is 0 Å². The van der Waals surface area contributed by atoms with Crippen LogP contribution in [-0.2, 0) is 19.0 Å². The maximum atomic E-state index is 11.8. The maximum absolute atomic E-state index is 11.8. The van der Waals surface area contributed by atoms with Crippen LogP contribution in [0.5, 0.6) is 0 Å². The predicted octanol–water partition coefficient (Wildman–Crippen LogP) is 10.7. The van der Waals surface area contributed by atoms with Gasteiger partial charge in [-0.1, -0.05) is 162 Å². The Hall–Kier alpha value is -0.610. The average molecular weight is 541 g/mol. The summed E-state index contributed by atoms with van der Waals surface area (Å²) in [6, 6.07) is 0. The molecule has 0 fully saturated rings. The van der Waals surface area contributed by atoms with E-state index in [9.17, 15) is 4.79 Å². The first-order chi connectivity index (χ1) is 18.8. The Kier molecular flexibility index (Phi) is 33.9. The minimum absolute atomic E-state index is 0.0868. The number of carbonyl (C=O) groups is 1. The summed E-state index contributed by atoms with van der Waals surface area (Å²) in [6.45, 7) is 7.40. The molecule has 38 heavy (non-hydrogen) atoms. The second-order valence-electron chi connectivity index (χ2n) is 11.3. The first-order valence-electron chi connectivity index (χ1n) is 17.1. The molecule has 0 aliphatic heterocycles. The monoisotopic (exact) mass is 541 g/mol. The van der Waals surface area contributed by atoms with Crippen LogP contribution in [0.2, 0.25) is 0 Å². The zero-order valence-corrected chi connectivity index (χ0v) is 26.1. The van der Waals surface area contributed by atoms with Gasteiger partial charge in [0, 0.05) is 13.0 Å².